The molecule has 0 amide bonds. The summed E-state index contributed by atoms with van der Waals surface area (Å²) in [6, 6.07) is 10.1. The molecule has 1 aliphatic heterocycles. The highest BCUT2D eigenvalue weighted by molar-refractivity contribution is 5.78. The van der Waals surface area contributed by atoms with Gasteiger partial charge in [0.2, 0.25) is 5.95 Å². The zero-order valence-corrected chi connectivity index (χ0v) is 16.3. The Morgan fingerprint density at radius 3 is 2.24 bits per heavy atom. The fourth-order valence-electron chi connectivity index (χ4n) is 3.76. The first kappa shape index (κ1) is 18.8. The molecule has 1 aromatic carbocycles. The number of aryl methyl sites for hydroxylation is 1. The lowest BCUT2D eigenvalue weighted by molar-refractivity contribution is -0.137. The number of benzene rings is 1. The van der Waals surface area contributed by atoms with Crippen LogP contribution in [-0.4, -0.2) is 55.9 Å². The number of piperazine rings is 1. The predicted molar refractivity (Wildman–Crippen MR) is 109 cm³/mol. The van der Waals surface area contributed by atoms with E-state index >= 15 is 0 Å². The van der Waals surface area contributed by atoms with E-state index in [1.165, 1.54) is 23.2 Å². The van der Waals surface area contributed by atoms with Crippen molar-refractivity contribution in [3.63, 3.8) is 0 Å². The largest absolute Gasteiger partial charge is 0.480 e. The zero-order valence-electron chi connectivity index (χ0n) is 16.3. The zero-order chi connectivity index (χ0) is 20.7. The minimum atomic E-state index is -1.08. The summed E-state index contributed by atoms with van der Waals surface area (Å²) in [5.41, 5.74) is 0.397. The van der Waals surface area contributed by atoms with Crippen molar-refractivity contribution in [1.82, 2.24) is 18.7 Å². The van der Waals surface area contributed by atoms with Crippen molar-refractivity contribution in [3.8, 4) is 0 Å². The number of carboxylic acids is 1. The van der Waals surface area contributed by atoms with Gasteiger partial charge in [0.05, 0.1) is 0 Å². The normalized spacial score (nSPS) is 14.6. The molecule has 0 spiro atoms. The first-order chi connectivity index (χ1) is 13.9. The van der Waals surface area contributed by atoms with Crippen molar-refractivity contribution in [2.75, 3.05) is 36.0 Å². The molecule has 3 aromatic rings. The molecule has 2 aromatic heterocycles. The summed E-state index contributed by atoms with van der Waals surface area (Å²) < 4.78 is 3.65. The van der Waals surface area contributed by atoms with Crippen LogP contribution in [-0.2, 0) is 25.4 Å². The van der Waals surface area contributed by atoms with Crippen LogP contribution in [0.1, 0.15) is 0 Å². The maximum absolute atomic E-state index is 12.7. The van der Waals surface area contributed by atoms with Crippen LogP contribution in [0.4, 0.5) is 11.6 Å². The van der Waals surface area contributed by atoms with Crippen molar-refractivity contribution >= 4 is 28.8 Å². The van der Waals surface area contributed by atoms with Crippen LogP contribution in [0.5, 0.6) is 0 Å². The lowest BCUT2D eigenvalue weighted by Crippen LogP contribution is -2.47. The molecule has 10 heteroatoms. The average molecular weight is 398 g/mol. The second-order valence-corrected chi connectivity index (χ2v) is 7.08. The van der Waals surface area contributed by atoms with E-state index in [4.69, 9.17) is 0 Å². The van der Waals surface area contributed by atoms with Gasteiger partial charge >= 0.3 is 11.7 Å². The highest BCUT2D eigenvalue weighted by atomic mass is 16.4. The predicted octanol–water partition coefficient (Wildman–Crippen LogP) is -0.155. The number of rotatable bonds is 4. The lowest BCUT2D eigenvalue weighted by Gasteiger charge is -2.36. The third-order valence-corrected chi connectivity index (χ3v) is 5.31. The van der Waals surface area contributed by atoms with Crippen LogP contribution in [0.15, 0.2) is 39.9 Å². The van der Waals surface area contributed by atoms with Gasteiger partial charge in [0.1, 0.15) is 6.54 Å². The summed E-state index contributed by atoms with van der Waals surface area (Å²) in [6.07, 6.45) is 0. The summed E-state index contributed by atoms with van der Waals surface area (Å²) in [5.74, 6) is -0.683. The van der Waals surface area contributed by atoms with Gasteiger partial charge in [-0.2, -0.15) is 4.98 Å². The summed E-state index contributed by atoms with van der Waals surface area (Å²) >= 11 is 0. The number of aromatic nitrogens is 4. The second kappa shape index (κ2) is 7.12. The van der Waals surface area contributed by atoms with E-state index in [2.05, 4.69) is 22.0 Å². The van der Waals surface area contributed by atoms with Crippen LogP contribution in [0.25, 0.3) is 11.2 Å². The third-order valence-electron chi connectivity index (χ3n) is 5.31. The second-order valence-electron chi connectivity index (χ2n) is 7.08. The summed E-state index contributed by atoms with van der Waals surface area (Å²) in [6.45, 7) is 2.30. The molecule has 1 N–H and O–H groups in total. The molecule has 152 valence electrons. The van der Waals surface area contributed by atoms with Crippen LogP contribution in [0, 0.1) is 0 Å². The Kier molecular flexibility index (Phi) is 4.61. The number of nitrogens with zero attached hydrogens (tertiary/aromatic N) is 6. The standard InChI is InChI=1S/C19H22N6O4/c1-21-16-15(17(28)22(2)19(21)29)25(12-14(26)27)18(20-16)24-10-8-23(9-11-24)13-6-4-3-5-7-13/h3-7H,8-12H2,1-2H3,(H,26,27). The van der Waals surface area contributed by atoms with E-state index < -0.39 is 23.8 Å². The van der Waals surface area contributed by atoms with Crippen molar-refractivity contribution in [2.24, 2.45) is 14.1 Å². The number of hydrogen-bond donors (Lipinski definition) is 1. The summed E-state index contributed by atoms with van der Waals surface area (Å²) in [7, 11) is 2.90. The number of hydrogen-bond acceptors (Lipinski definition) is 6. The van der Waals surface area contributed by atoms with Gasteiger partial charge in [-0.3, -0.25) is 23.3 Å². The van der Waals surface area contributed by atoms with Crippen molar-refractivity contribution in [2.45, 2.75) is 6.54 Å². The van der Waals surface area contributed by atoms with E-state index in [1.54, 1.807) is 0 Å². The Balaban J connectivity index is 1.75. The molecule has 1 fully saturated rings. The Labute approximate surface area is 165 Å². The van der Waals surface area contributed by atoms with Gasteiger partial charge in [-0.15, -0.1) is 0 Å². The number of carbonyl (C=O) groups is 1. The fourth-order valence-corrected chi connectivity index (χ4v) is 3.76. The van der Waals surface area contributed by atoms with Gasteiger partial charge in [-0.1, -0.05) is 18.2 Å². The van der Waals surface area contributed by atoms with Gasteiger partial charge in [0.25, 0.3) is 5.56 Å². The van der Waals surface area contributed by atoms with Gasteiger partial charge < -0.3 is 14.9 Å². The summed E-state index contributed by atoms with van der Waals surface area (Å²) in [4.78, 5) is 45.2. The number of para-hydroxylation sites is 1. The van der Waals surface area contributed by atoms with Crippen LogP contribution in [0.2, 0.25) is 0 Å². The van der Waals surface area contributed by atoms with Crippen LogP contribution >= 0.6 is 0 Å². The Morgan fingerprint density at radius 1 is 1.00 bits per heavy atom. The van der Waals surface area contributed by atoms with E-state index in [0.717, 1.165) is 23.3 Å². The molecule has 29 heavy (non-hydrogen) atoms. The average Bonchev–Trinajstić information content (AvgIpc) is 3.10. The molecule has 1 aliphatic rings. The van der Waals surface area contributed by atoms with Gasteiger partial charge in [-0.05, 0) is 12.1 Å². The molecule has 4 rings (SSSR count). The molecule has 1 saturated heterocycles. The first-order valence-electron chi connectivity index (χ1n) is 9.31. The smallest absolute Gasteiger partial charge is 0.332 e. The molecule has 0 unspecified atom stereocenters. The highest BCUT2D eigenvalue weighted by Crippen LogP contribution is 2.23. The number of carboxylic acid groups (broad SMARTS) is 1. The lowest BCUT2D eigenvalue weighted by atomic mass is 10.2. The number of anilines is 2. The maximum atomic E-state index is 12.7. The fraction of sp³-hybridized carbons (Fsp3) is 0.368. The quantitative estimate of drug-likeness (QED) is 0.651. The number of aliphatic carboxylic acids is 1. The topological polar surface area (TPSA) is 106 Å². The highest BCUT2D eigenvalue weighted by Gasteiger charge is 2.26. The SMILES string of the molecule is Cn1c(=O)c2c(nc(N3CCN(c4ccccc4)CC3)n2CC(=O)O)n(C)c1=O. The molecule has 3 heterocycles. The van der Waals surface area contributed by atoms with E-state index in [0.29, 0.717) is 19.0 Å². The molecular formula is C19H22N6O4. The van der Waals surface area contributed by atoms with Crippen molar-refractivity contribution in [3.05, 3.63) is 51.2 Å². The van der Waals surface area contributed by atoms with Gasteiger partial charge in [0.15, 0.2) is 11.2 Å². The monoisotopic (exact) mass is 398 g/mol. The molecular weight excluding hydrogens is 376 g/mol. The molecule has 0 atom stereocenters. The van der Waals surface area contributed by atoms with Crippen LogP contribution in [0.3, 0.4) is 0 Å². The van der Waals surface area contributed by atoms with Gasteiger partial charge in [0, 0.05) is 46.0 Å². The molecule has 0 aliphatic carbocycles. The number of imidazole rings is 1. The Hall–Kier alpha value is -3.56. The maximum Gasteiger partial charge on any atom is 0.332 e. The van der Waals surface area contributed by atoms with E-state index in [1.807, 2.05) is 23.1 Å². The Morgan fingerprint density at radius 2 is 1.62 bits per heavy atom. The minimum Gasteiger partial charge on any atom is -0.480 e. The van der Waals surface area contributed by atoms with Gasteiger partial charge in [-0.25, -0.2) is 4.79 Å². The minimum absolute atomic E-state index is 0.123. The molecule has 0 bridgehead atoms. The first-order valence-corrected chi connectivity index (χ1v) is 9.31. The third kappa shape index (κ3) is 3.16. The van der Waals surface area contributed by atoms with Crippen LogP contribution < -0.4 is 21.0 Å². The summed E-state index contributed by atoms with van der Waals surface area (Å²) in [5, 5.41) is 9.39. The molecule has 0 radical (unpaired) electrons. The number of fused-ring (bicyclic) bond motifs is 1. The van der Waals surface area contributed by atoms with Crippen molar-refractivity contribution in [1.29, 1.82) is 0 Å². The molecule has 10 nitrogen and oxygen atoms in total. The van der Waals surface area contributed by atoms with E-state index in [-0.39, 0.29) is 11.2 Å². The Bertz CT molecular complexity index is 1190. The van der Waals surface area contributed by atoms with Crippen molar-refractivity contribution < 1.29 is 9.90 Å². The molecule has 0 saturated carbocycles. The van der Waals surface area contributed by atoms with E-state index in [9.17, 15) is 19.5 Å².